The molecule has 0 bridgehead atoms. The van der Waals surface area contributed by atoms with Crippen molar-refractivity contribution in [2.45, 2.75) is 19.3 Å². The predicted octanol–water partition coefficient (Wildman–Crippen LogP) is 0.791. The van der Waals surface area contributed by atoms with Gasteiger partial charge < -0.3 is 5.73 Å². The van der Waals surface area contributed by atoms with Crippen molar-refractivity contribution in [3.8, 4) is 0 Å². The Morgan fingerprint density at radius 3 is 2.92 bits per heavy atom. The van der Waals surface area contributed by atoms with E-state index < -0.39 is 0 Å². The molecule has 0 radical (unpaired) electrons. The number of hydrogen-bond donors (Lipinski definition) is 1. The predicted molar refractivity (Wildman–Crippen MR) is 47.8 cm³/mol. The molecule has 0 spiro atoms. The van der Waals surface area contributed by atoms with E-state index in [1.54, 1.807) is 0 Å². The zero-order valence-corrected chi connectivity index (χ0v) is 7.62. The van der Waals surface area contributed by atoms with Gasteiger partial charge >= 0.3 is 0 Å². The highest BCUT2D eigenvalue weighted by molar-refractivity contribution is 5.26. The lowest BCUT2D eigenvalue weighted by Gasteiger charge is -2.01. The summed E-state index contributed by atoms with van der Waals surface area (Å²) >= 11 is 0. The molecule has 1 saturated carbocycles. The van der Waals surface area contributed by atoms with Gasteiger partial charge in [0.25, 0.3) is 0 Å². The average molecular weight is 165 g/mol. The van der Waals surface area contributed by atoms with Crippen LogP contribution in [0.1, 0.15) is 23.6 Å². The summed E-state index contributed by atoms with van der Waals surface area (Å²) in [6, 6.07) is 0. The molecule has 0 aromatic carbocycles. The van der Waals surface area contributed by atoms with Crippen molar-refractivity contribution in [1.29, 1.82) is 0 Å². The summed E-state index contributed by atoms with van der Waals surface area (Å²) in [6.07, 6.45) is 3.18. The Labute approximate surface area is 72.6 Å². The number of nitrogens with zero attached hydrogens (tertiary/aromatic N) is 2. The molecule has 2 rings (SSSR count). The van der Waals surface area contributed by atoms with E-state index in [4.69, 9.17) is 5.73 Å². The second-order valence-electron chi connectivity index (χ2n) is 3.67. The van der Waals surface area contributed by atoms with Gasteiger partial charge in [-0.2, -0.15) is 5.10 Å². The van der Waals surface area contributed by atoms with Crippen LogP contribution in [0.5, 0.6) is 0 Å². The second-order valence-corrected chi connectivity index (χ2v) is 3.67. The van der Waals surface area contributed by atoms with Crippen molar-refractivity contribution < 1.29 is 0 Å². The normalized spacial score (nSPS) is 27.6. The minimum absolute atomic E-state index is 0.683. The first-order valence-electron chi connectivity index (χ1n) is 4.42. The molecule has 0 saturated heterocycles. The molecule has 2 unspecified atom stereocenters. The van der Waals surface area contributed by atoms with Gasteiger partial charge in [0.05, 0.1) is 6.20 Å². The first-order chi connectivity index (χ1) is 5.74. The van der Waals surface area contributed by atoms with Gasteiger partial charge in [0, 0.05) is 18.7 Å². The van der Waals surface area contributed by atoms with Crippen molar-refractivity contribution in [3.63, 3.8) is 0 Å². The molecule has 1 aliphatic rings. The Morgan fingerprint density at radius 1 is 1.75 bits per heavy atom. The molecule has 1 fully saturated rings. The van der Waals surface area contributed by atoms with Crippen molar-refractivity contribution in [3.05, 3.63) is 17.5 Å². The number of hydrogen-bond acceptors (Lipinski definition) is 2. The van der Waals surface area contributed by atoms with Gasteiger partial charge in [0.15, 0.2) is 0 Å². The topological polar surface area (TPSA) is 43.8 Å². The highest BCUT2D eigenvalue weighted by Crippen LogP contribution is 2.47. The molecule has 0 aliphatic heterocycles. The number of aromatic nitrogens is 2. The summed E-state index contributed by atoms with van der Waals surface area (Å²) in [5.41, 5.74) is 8.28. The minimum Gasteiger partial charge on any atom is -0.330 e. The summed E-state index contributed by atoms with van der Waals surface area (Å²) < 4.78 is 1.98. The fourth-order valence-electron chi connectivity index (χ4n) is 1.93. The molecule has 1 aliphatic carbocycles. The maximum absolute atomic E-state index is 5.60. The quantitative estimate of drug-likeness (QED) is 0.704. The third-order valence-electron chi connectivity index (χ3n) is 2.75. The molecule has 1 aromatic rings. The van der Waals surface area contributed by atoms with Crippen LogP contribution in [0.25, 0.3) is 0 Å². The van der Waals surface area contributed by atoms with Crippen molar-refractivity contribution in [2.24, 2.45) is 18.7 Å². The molecule has 66 valence electrons. The summed E-state index contributed by atoms with van der Waals surface area (Å²) in [6.45, 7) is 2.93. The summed E-state index contributed by atoms with van der Waals surface area (Å²) in [7, 11) is 2.01. The van der Waals surface area contributed by atoms with Crippen LogP contribution in [0.2, 0.25) is 0 Å². The molecule has 12 heavy (non-hydrogen) atoms. The SMILES string of the molecule is Cc1cnn(C)c1C1CC1CN. The van der Waals surface area contributed by atoms with Crippen LogP contribution in [0.4, 0.5) is 0 Å². The van der Waals surface area contributed by atoms with Gasteiger partial charge in [-0.15, -0.1) is 0 Å². The van der Waals surface area contributed by atoms with Gasteiger partial charge in [-0.3, -0.25) is 4.68 Å². The van der Waals surface area contributed by atoms with E-state index in [9.17, 15) is 0 Å². The minimum atomic E-state index is 0.683. The Balaban J connectivity index is 2.23. The van der Waals surface area contributed by atoms with Crippen LogP contribution in [0.15, 0.2) is 6.20 Å². The fraction of sp³-hybridized carbons (Fsp3) is 0.667. The van der Waals surface area contributed by atoms with E-state index in [2.05, 4.69) is 12.0 Å². The second kappa shape index (κ2) is 2.59. The van der Waals surface area contributed by atoms with Crippen LogP contribution in [0, 0.1) is 12.8 Å². The largest absolute Gasteiger partial charge is 0.330 e. The van der Waals surface area contributed by atoms with Gasteiger partial charge in [0.1, 0.15) is 0 Å². The van der Waals surface area contributed by atoms with Crippen LogP contribution in [-0.2, 0) is 7.05 Å². The zero-order chi connectivity index (χ0) is 8.72. The van der Waals surface area contributed by atoms with Crippen molar-refractivity contribution in [2.75, 3.05) is 6.54 Å². The molecule has 1 heterocycles. The summed E-state index contributed by atoms with van der Waals surface area (Å²) in [4.78, 5) is 0. The van der Waals surface area contributed by atoms with Crippen molar-refractivity contribution in [1.82, 2.24) is 9.78 Å². The first kappa shape index (κ1) is 7.80. The third-order valence-corrected chi connectivity index (χ3v) is 2.75. The molecule has 2 atom stereocenters. The Kier molecular flexibility index (Phi) is 1.68. The number of aryl methyl sites for hydroxylation is 2. The van der Waals surface area contributed by atoms with E-state index in [1.807, 2.05) is 17.9 Å². The maximum atomic E-state index is 5.60. The van der Waals surface area contributed by atoms with Crippen molar-refractivity contribution >= 4 is 0 Å². The van der Waals surface area contributed by atoms with Crippen LogP contribution in [-0.4, -0.2) is 16.3 Å². The Hall–Kier alpha value is -0.830. The van der Waals surface area contributed by atoms with E-state index in [1.165, 1.54) is 17.7 Å². The molecule has 3 heteroatoms. The van der Waals surface area contributed by atoms with E-state index in [0.29, 0.717) is 11.8 Å². The summed E-state index contributed by atoms with van der Waals surface area (Å²) in [5, 5.41) is 4.22. The van der Waals surface area contributed by atoms with Gasteiger partial charge in [0.2, 0.25) is 0 Å². The van der Waals surface area contributed by atoms with E-state index >= 15 is 0 Å². The molecule has 1 aromatic heterocycles. The highest BCUT2D eigenvalue weighted by Gasteiger charge is 2.39. The lowest BCUT2D eigenvalue weighted by Crippen LogP contribution is -2.04. The first-order valence-corrected chi connectivity index (χ1v) is 4.42. The Bertz CT molecular complexity index is 270. The van der Waals surface area contributed by atoms with Gasteiger partial charge in [-0.1, -0.05) is 0 Å². The van der Waals surface area contributed by atoms with Crippen LogP contribution in [0.3, 0.4) is 0 Å². The highest BCUT2D eigenvalue weighted by atomic mass is 15.3. The summed E-state index contributed by atoms with van der Waals surface area (Å²) in [5.74, 6) is 1.39. The van der Waals surface area contributed by atoms with Gasteiger partial charge in [-0.05, 0) is 31.4 Å². The Morgan fingerprint density at radius 2 is 2.50 bits per heavy atom. The molecule has 3 nitrogen and oxygen atoms in total. The van der Waals surface area contributed by atoms with E-state index in [0.717, 1.165) is 6.54 Å². The number of nitrogens with two attached hydrogens (primary N) is 1. The fourth-order valence-corrected chi connectivity index (χ4v) is 1.93. The van der Waals surface area contributed by atoms with Crippen LogP contribution >= 0.6 is 0 Å². The standard InChI is InChI=1S/C9H15N3/c1-6-5-11-12(2)9(6)8-3-7(8)4-10/h5,7-8H,3-4,10H2,1-2H3. The molecule has 2 N–H and O–H groups in total. The molecular weight excluding hydrogens is 150 g/mol. The lowest BCUT2D eigenvalue weighted by atomic mass is 10.1. The average Bonchev–Trinajstić information content (AvgIpc) is 2.74. The van der Waals surface area contributed by atoms with Gasteiger partial charge in [-0.25, -0.2) is 0 Å². The van der Waals surface area contributed by atoms with Crippen LogP contribution < -0.4 is 5.73 Å². The monoisotopic (exact) mass is 165 g/mol. The third kappa shape index (κ3) is 1.05. The maximum Gasteiger partial charge on any atom is 0.0521 e. The molecule has 0 amide bonds. The molecular formula is C9H15N3. The lowest BCUT2D eigenvalue weighted by molar-refractivity contribution is 0.687. The number of rotatable bonds is 2. The zero-order valence-electron chi connectivity index (χ0n) is 7.62. The smallest absolute Gasteiger partial charge is 0.0521 e. The van der Waals surface area contributed by atoms with E-state index in [-0.39, 0.29) is 0 Å².